The zero-order chi connectivity index (χ0) is 13.2. The van der Waals surface area contributed by atoms with Crippen LogP contribution in [-0.4, -0.2) is 8.42 Å². The third-order valence-electron chi connectivity index (χ3n) is 2.14. The van der Waals surface area contributed by atoms with Gasteiger partial charge in [-0.25, -0.2) is 4.39 Å². The van der Waals surface area contributed by atoms with Crippen molar-refractivity contribution in [1.82, 2.24) is 0 Å². The second-order valence-electron chi connectivity index (χ2n) is 3.42. The standard InChI is InChI=1S/C12H8ClFO3S/c13-9-5-7-10(8-6-9)18(15,16)17-12-4-2-1-3-11(12)14/h1-8H. The predicted octanol–water partition coefficient (Wildman–Crippen LogP) is 3.25. The minimum Gasteiger partial charge on any atom is -0.376 e. The molecule has 0 saturated heterocycles. The molecule has 0 unspecified atom stereocenters. The molecule has 6 heteroatoms. The van der Waals surface area contributed by atoms with Gasteiger partial charge in [-0.1, -0.05) is 23.7 Å². The second-order valence-corrected chi connectivity index (χ2v) is 5.40. The summed E-state index contributed by atoms with van der Waals surface area (Å²) < 4.78 is 41.7. The lowest BCUT2D eigenvalue weighted by atomic mass is 10.3. The van der Waals surface area contributed by atoms with Crippen LogP contribution in [0.2, 0.25) is 5.02 Å². The van der Waals surface area contributed by atoms with Crippen LogP contribution in [0.3, 0.4) is 0 Å². The van der Waals surface area contributed by atoms with Gasteiger partial charge >= 0.3 is 10.1 Å². The first kappa shape index (κ1) is 12.9. The lowest BCUT2D eigenvalue weighted by molar-refractivity contribution is 0.461. The van der Waals surface area contributed by atoms with E-state index in [9.17, 15) is 12.8 Å². The third-order valence-corrected chi connectivity index (χ3v) is 3.64. The zero-order valence-corrected chi connectivity index (χ0v) is 10.6. The maximum Gasteiger partial charge on any atom is 0.339 e. The first-order valence-electron chi connectivity index (χ1n) is 4.93. The van der Waals surface area contributed by atoms with E-state index >= 15 is 0 Å². The van der Waals surface area contributed by atoms with E-state index in [2.05, 4.69) is 0 Å². The van der Waals surface area contributed by atoms with Crippen molar-refractivity contribution < 1.29 is 17.0 Å². The molecule has 2 rings (SSSR count). The molecule has 0 aliphatic carbocycles. The van der Waals surface area contributed by atoms with E-state index in [1.54, 1.807) is 0 Å². The second kappa shape index (κ2) is 4.96. The van der Waals surface area contributed by atoms with Crippen LogP contribution in [0.1, 0.15) is 0 Å². The molecule has 3 nitrogen and oxygen atoms in total. The summed E-state index contributed by atoms with van der Waals surface area (Å²) in [6.45, 7) is 0. The van der Waals surface area contributed by atoms with Gasteiger partial charge in [0.05, 0.1) is 0 Å². The third kappa shape index (κ3) is 2.80. The highest BCUT2D eigenvalue weighted by Crippen LogP contribution is 2.22. The smallest absolute Gasteiger partial charge is 0.339 e. The molecule has 0 aliphatic heterocycles. The monoisotopic (exact) mass is 286 g/mol. The number of hydrogen-bond acceptors (Lipinski definition) is 3. The van der Waals surface area contributed by atoms with Gasteiger partial charge in [-0.3, -0.25) is 0 Å². The zero-order valence-electron chi connectivity index (χ0n) is 9.01. The van der Waals surface area contributed by atoms with Crippen LogP contribution in [0.15, 0.2) is 53.4 Å². The Morgan fingerprint density at radius 1 is 1.00 bits per heavy atom. The fraction of sp³-hybridized carbons (Fsp3) is 0. The average molecular weight is 287 g/mol. The highest BCUT2D eigenvalue weighted by molar-refractivity contribution is 7.87. The Bertz CT molecular complexity index is 653. The van der Waals surface area contributed by atoms with E-state index in [-0.39, 0.29) is 10.6 Å². The largest absolute Gasteiger partial charge is 0.376 e. The Kier molecular flexibility index (Phi) is 3.54. The van der Waals surface area contributed by atoms with Gasteiger partial charge in [0, 0.05) is 5.02 Å². The molecule has 18 heavy (non-hydrogen) atoms. The highest BCUT2D eigenvalue weighted by Gasteiger charge is 2.18. The average Bonchev–Trinajstić information content (AvgIpc) is 2.32. The number of para-hydroxylation sites is 1. The summed E-state index contributed by atoms with van der Waals surface area (Å²) in [5.74, 6) is -1.08. The topological polar surface area (TPSA) is 43.4 Å². The van der Waals surface area contributed by atoms with Crippen LogP contribution in [0, 0.1) is 5.82 Å². The van der Waals surface area contributed by atoms with E-state index in [1.807, 2.05) is 0 Å². The molecule has 0 atom stereocenters. The maximum absolute atomic E-state index is 13.3. The number of hydrogen-bond donors (Lipinski definition) is 0. The van der Waals surface area contributed by atoms with Crippen molar-refractivity contribution in [2.45, 2.75) is 4.90 Å². The molecule has 0 saturated carbocycles. The van der Waals surface area contributed by atoms with Gasteiger partial charge in [0.1, 0.15) is 4.90 Å². The molecule has 0 heterocycles. The van der Waals surface area contributed by atoms with Gasteiger partial charge in [-0.2, -0.15) is 8.42 Å². The quantitative estimate of drug-likeness (QED) is 0.814. The number of halogens is 2. The minimum absolute atomic E-state index is 0.0878. The van der Waals surface area contributed by atoms with Crippen LogP contribution < -0.4 is 4.18 Å². The van der Waals surface area contributed by atoms with Crippen molar-refractivity contribution in [2.24, 2.45) is 0 Å². The molecule has 0 aromatic heterocycles. The molecular formula is C12H8ClFO3S. The van der Waals surface area contributed by atoms with E-state index in [1.165, 1.54) is 42.5 Å². The van der Waals surface area contributed by atoms with E-state index < -0.39 is 15.9 Å². The van der Waals surface area contributed by atoms with Crippen molar-refractivity contribution in [2.75, 3.05) is 0 Å². The van der Waals surface area contributed by atoms with Crippen molar-refractivity contribution in [3.63, 3.8) is 0 Å². The SMILES string of the molecule is O=S(=O)(Oc1ccccc1F)c1ccc(Cl)cc1. The Labute approximate surface area is 109 Å². The molecule has 2 aromatic rings. The van der Waals surface area contributed by atoms with Gasteiger partial charge in [0.25, 0.3) is 0 Å². The van der Waals surface area contributed by atoms with Gasteiger partial charge in [-0.05, 0) is 36.4 Å². The molecule has 94 valence electrons. The Hall–Kier alpha value is -1.59. The Morgan fingerprint density at radius 2 is 1.61 bits per heavy atom. The normalized spacial score (nSPS) is 11.2. The molecule has 0 spiro atoms. The van der Waals surface area contributed by atoms with Crippen LogP contribution >= 0.6 is 11.6 Å². The summed E-state index contributed by atoms with van der Waals surface area (Å²) in [6, 6.07) is 10.7. The Morgan fingerprint density at radius 3 is 2.22 bits per heavy atom. The van der Waals surface area contributed by atoms with E-state index in [0.717, 1.165) is 6.07 Å². The summed E-state index contributed by atoms with van der Waals surface area (Å²) in [6.07, 6.45) is 0. The summed E-state index contributed by atoms with van der Waals surface area (Å²) >= 11 is 5.65. The fourth-order valence-corrected chi connectivity index (χ4v) is 2.34. The first-order valence-corrected chi connectivity index (χ1v) is 6.72. The van der Waals surface area contributed by atoms with E-state index in [4.69, 9.17) is 15.8 Å². The molecule has 0 aliphatic rings. The van der Waals surface area contributed by atoms with Crippen LogP contribution in [0.25, 0.3) is 0 Å². The van der Waals surface area contributed by atoms with Crippen molar-refractivity contribution in [1.29, 1.82) is 0 Å². The number of benzene rings is 2. The molecule has 0 N–H and O–H groups in total. The van der Waals surface area contributed by atoms with Gasteiger partial charge < -0.3 is 4.18 Å². The van der Waals surface area contributed by atoms with Crippen LogP contribution in [0.5, 0.6) is 5.75 Å². The van der Waals surface area contributed by atoms with Gasteiger partial charge in [0.2, 0.25) is 0 Å². The summed E-state index contributed by atoms with van der Waals surface area (Å²) in [4.78, 5) is -0.0878. The lowest BCUT2D eigenvalue weighted by Gasteiger charge is -2.07. The molecule has 0 radical (unpaired) electrons. The highest BCUT2D eigenvalue weighted by atomic mass is 35.5. The summed E-state index contributed by atoms with van der Waals surface area (Å²) in [7, 11) is -4.05. The number of rotatable bonds is 3. The fourth-order valence-electron chi connectivity index (χ4n) is 1.28. The van der Waals surface area contributed by atoms with E-state index in [0.29, 0.717) is 5.02 Å². The van der Waals surface area contributed by atoms with Gasteiger partial charge in [0.15, 0.2) is 11.6 Å². The van der Waals surface area contributed by atoms with Crippen LogP contribution in [-0.2, 0) is 10.1 Å². The Balaban J connectivity index is 2.33. The van der Waals surface area contributed by atoms with Crippen molar-refractivity contribution in [3.05, 3.63) is 59.4 Å². The molecule has 0 amide bonds. The summed E-state index contributed by atoms with van der Waals surface area (Å²) in [5, 5.41) is 0.403. The minimum atomic E-state index is -4.05. The first-order chi connectivity index (χ1) is 8.49. The van der Waals surface area contributed by atoms with Crippen LogP contribution in [0.4, 0.5) is 4.39 Å². The molecule has 2 aromatic carbocycles. The molecule has 0 bridgehead atoms. The maximum atomic E-state index is 13.3. The van der Waals surface area contributed by atoms with Crippen molar-refractivity contribution >= 4 is 21.7 Å². The molecule has 0 fully saturated rings. The van der Waals surface area contributed by atoms with Gasteiger partial charge in [-0.15, -0.1) is 0 Å². The molecular weight excluding hydrogens is 279 g/mol. The lowest BCUT2D eigenvalue weighted by Crippen LogP contribution is -2.10. The summed E-state index contributed by atoms with van der Waals surface area (Å²) in [5.41, 5.74) is 0. The van der Waals surface area contributed by atoms with Crippen molar-refractivity contribution in [3.8, 4) is 5.75 Å². The predicted molar refractivity (Wildman–Crippen MR) is 65.7 cm³/mol.